The Morgan fingerprint density at radius 3 is 2.59 bits per heavy atom. The van der Waals surface area contributed by atoms with Crippen molar-refractivity contribution >= 4 is 37.3 Å². The number of benzene rings is 1. The fraction of sp³-hybridized carbons (Fsp3) is 0.300. The predicted octanol–water partition coefficient (Wildman–Crippen LogP) is 2.83. The van der Waals surface area contributed by atoms with E-state index < -0.39 is 15.0 Å². The van der Waals surface area contributed by atoms with E-state index in [1.54, 1.807) is 0 Å². The van der Waals surface area contributed by atoms with Crippen molar-refractivity contribution in [3.63, 3.8) is 0 Å². The third-order valence-corrected chi connectivity index (χ3v) is 3.67. The van der Waals surface area contributed by atoms with Gasteiger partial charge in [-0.05, 0) is 24.6 Å². The highest BCUT2D eigenvalue weighted by Crippen LogP contribution is 2.25. The molecule has 0 saturated heterocycles. The number of esters is 1. The number of halogens is 2. The van der Waals surface area contributed by atoms with Gasteiger partial charge in [0.05, 0.1) is 17.2 Å². The lowest BCUT2D eigenvalue weighted by atomic mass is 10.2. The van der Waals surface area contributed by atoms with Gasteiger partial charge >= 0.3 is 5.97 Å². The largest absolute Gasteiger partial charge is 0.462 e. The summed E-state index contributed by atoms with van der Waals surface area (Å²) in [4.78, 5) is 11.2. The van der Waals surface area contributed by atoms with Crippen LogP contribution in [0.4, 0.5) is 0 Å². The van der Waals surface area contributed by atoms with Crippen molar-refractivity contribution in [2.75, 3.05) is 6.61 Å². The molecule has 94 valence electrons. The van der Waals surface area contributed by atoms with Gasteiger partial charge in [-0.3, -0.25) is 0 Å². The van der Waals surface area contributed by atoms with E-state index in [2.05, 4.69) is 0 Å². The maximum atomic E-state index is 11.5. The van der Waals surface area contributed by atoms with E-state index in [9.17, 15) is 13.2 Å². The van der Waals surface area contributed by atoms with Crippen LogP contribution in [0, 0.1) is 0 Å². The van der Waals surface area contributed by atoms with Gasteiger partial charge in [0.15, 0.2) is 0 Å². The van der Waals surface area contributed by atoms with E-state index in [0.29, 0.717) is 6.42 Å². The van der Waals surface area contributed by atoms with Crippen molar-refractivity contribution < 1.29 is 17.9 Å². The van der Waals surface area contributed by atoms with Crippen LogP contribution >= 0.6 is 22.3 Å². The minimum Gasteiger partial charge on any atom is -0.462 e. The zero-order chi connectivity index (χ0) is 13.1. The van der Waals surface area contributed by atoms with Crippen LogP contribution in [-0.2, 0) is 13.8 Å². The van der Waals surface area contributed by atoms with Gasteiger partial charge in [0.1, 0.15) is 4.90 Å². The smallest absolute Gasteiger partial charge is 0.338 e. The second kappa shape index (κ2) is 5.71. The zero-order valence-corrected chi connectivity index (χ0v) is 11.3. The van der Waals surface area contributed by atoms with Crippen LogP contribution < -0.4 is 0 Å². The van der Waals surface area contributed by atoms with Crippen molar-refractivity contribution in [2.45, 2.75) is 18.2 Å². The van der Waals surface area contributed by atoms with Gasteiger partial charge in [-0.25, -0.2) is 13.2 Å². The van der Waals surface area contributed by atoms with Crippen LogP contribution in [0.15, 0.2) is 23.1 Å². The summed E-state index contributed by atoms with van der Waals surface area (Å²) >= 11 is 5.67. The fourth-order valence-electron chi connectivity index (χ4n) is 1.10. The number of carbonyl (C=O) groups excluding carboxylic acids is 1. The van der Waals surface area contributed by atoms with Crippen LogP contribution in [0.2, 0.25) is 5.02 Å². The van der Waals surface area contributed by atoms with E-state index in [4.69, 9.17) is 27.0 Å². The lowest BCUT2D eigenvalue weighted by Gasteiger charge is -2.05. The van der Waals surface area contributed by atoms with Crippen LogP contribution in [-0.4, -0.2) is 21.0 Å². The van der Waals surface area contributed by atoms with E-state index in [0.717, 1.165) is 6.07 Å². The van der Waals surface area contributed by atoms with Crippen LogP contribution in [0.1, 0.15) is 23.7 Å². The fourth-order valence-corrected chi connectivity index (χ4v) is 2.59. The summed E-state index contributed by atoms with van der Waals surface area (Å²) in [5.74, 6) is -0.606. The van der Waals surface area contributed by atoms with Gasteiger partial charge in [0.2, 0.25) is 0 Å². The molecule has 0 fully saturated rings. The number of rotatable bonds is 4. The van der Waals surface area contributed by atoms with E-state index in [-0.39, 0.29) is 22.1 Å². The molecular formula is C10H10Cl2O4S. The Balaban J connectivity index is 3.09. The Kier molecular flexibility index (Phi) is 4.80. The molecule has 4 nitrogen and oxygen atoms in total. The first-order chi connectivity index (χ1) is 7.86. The Labute approximate surface area is 109 Å². The molecule has 0 atom stereocenters. The average Bonchev–Trinajstić information content (AvgIpc) is 2.25. The van der Waals surface area contributed by atoms with Crippen molar-refractivity contribution in [1.82, 2.24) is 0 Å². The summed E-state index contributed by atoms with van der Waals surface area (Å²) in [5, 5.41) is -0.0351. The summed E-state index contributed by atoms with van der Waals surface area (Å²) in [7, 11) is 1.20. The maximum Gasteiger partial charge on any atom is 0.338 e. The molecular weight excluding hydrogens is 287 g/mol. The number of hydrogen-bond donors (Lipinski definition) is 0. The monoisotopic (exact) mass is 296 g/mol. The Morgan fingerprint density at radius 1 is 1.41 bits per heavy atom. The topological polar surface area (TPSA) is 60.4 Å². The molecule has 0 heterocycles. The number of carbonyl (C=O) groups is 1. The summed E-state index contributed by atoms with van der Waals surface area (Å²) < 4.78 is 27.2. The predicted molar refractivity (Wildman–Crippen MR) is 65.1 cm³/mol. The highest BCUT2D eigenvalue weighted by molar-refractivity contribution is 8.13. The molecule has 1 rings (SSSR count). The second-order valence-electron chi connectivity index (χ2n) is 3.22. The Hall–Kier alpha value is -0.780. The SMILES string of the molecule is CCCOC(=O)c1ccc(Cl)c(S(=O)(=O)Cl)c1. The van der Waals surface area contributed by atoms with Gasteiger partial charge in [-0.15, -0.1) is 0 Å². The molecule has 0 N–H and O–H groups in total. The van der Waals surface area contributed by atoms with Crippen LogP contribution in [0.25, 0.3) is 0 Å². The first-order valence-corrected chi connectivity index (χ1v) is 7.46. The molecule has 0 aliphatic rings. The second-order valence-corrected chi connectivity index (χ2v) is 6.16. The summed E-state index contributed by atoms with van der Waals surface area (Å²) in [6, 6.07) is 3.77. The third-order valence-electron chi connectivity index (χ3n) is 1.87. The molecule has 0 saturated carbocycles. The summed E-state index contributed by atoms with van der Waals surface area (Å²) in [6.07, 6.45) is 0.681. The van der Waals surface area contributed by atoms with E-state index >= 15 is 0 Å². The molecule has 17 heavy (non-hydrogen) atoms. The zero-order valence-electron chi connectivity index (χ0n) is 8.94. The van der Waals surface area contributed by atoms with Gasteiger partial charge in [0.25, 0.3) is 9.05 Å². The first-order valence-electron chi connectivity index (χ1n) is 4.77. The third kappa shape index (κ3) is 3.87. The normalized spacial score (nSPS) is 11.2. The Morgan fingerprint density at radius 2 is 2.06 bits per heavy atom. The minimum absolute atomic E-state index is 0.0351. The Bertz CT molecular complexity index is 525. The first kappa shape index (κ1) is 14.3. The molecule has 7 heteroatoms. The molecule has 1 aromatic carbocycles. The van der Waals surface area contributed by atoms with Crippen molar-refractivity contribution in [3.8, 4) is 0 Å². The molecule has 0 spiro atoms. The lowest BCUT2D eigenvalue weighted by Crippen LogP contribution is -2.07. The van der Waals surface area contributed by atoms with Crippen molar-refractivity contribution in [3.05, 3.63) is 28.8 Å². The summed E-state index contributed by atoms with van der Waals surface area (Å²) in [5.41, 5.74) is 0.0991. The van der Waals surface area contributed by atoms with Gasteiger partial charge in [-0.2, -0.15) is 0 Å². The molecule has 0 radical (unpaired) electrons. The van der Waals surface area contributed by atoms with Crippen molar-refractivity contribution in [1.29, 1.82) is 0 Å². The summed E-state index contributed by atoms with van der Waals surface area (Å²) in [6.45, 7) is 2.12. The minimum atomic E-state index is -3.98. The van der Waals surface area contributed by atoms with Gasteiger partial charge in [-0.1, -0.05) is 18.5 Å². The van der Waals surface area contributed by atoms with Gasteiger partial charge < -0.3 is 4.74 Å². The highest BCUT2D eigenvalue weighted by Gasteiger charge is 2.18. The lowest BCUT2D eigenvalue weighted by molar-refractivity contribution is 0.0505. The van der Waals surface area contributed by atoms with E-state index in [1.165, 1.54) is 12.1 Å². The molecule has 0 unspecified atom stereocenters. The molecule has 0 aliphatic heterocycles. The van der Waals surface area contributed by atoms with E-state index in [1.807, 2.05) is 6.92 Å². The maximum absolute atomic E-state index is 11.5. The average molecular weight is 297 g/mol. The quantitative estimate of drug-likeness (QED) is 0.633. The molecule has 0 aliphatic carbocycles. The molecule has 0 bridgehead atoms. The molecule has 0 aromatic heterocycles. The van der Waals surface area contributed by atoms with Gasteiger partial charge in [0, 0.05) is 10.7 Å². The van der Waals surface area contributed by atoms with Crippen LogP contribution in [0.3, 0.4) is 0 Å². The van der Waals surface area contributed by atoms with Crippen molar-refractivity contribution in [2.24, 2.45) is 0 Å². The molecule has 1 aromatic rings. The highest BCUT2D eigenvalue weighted by atomic mass is 35.7. The number of hydrogen-bond acceptors (Lipinski definition) is 4. The standard InChI is InChI=1S/C10H10Cl2O4S/c1-2-5-16-10(13)7-3-4-8(11)9(6-7)17(12,14)15/h3-4,6H,2,5H2,1H3. The van der Waals surface area contributed by atoms with Crippen LogP contribution in [0.5, 0.6) is 0 Å². The molecule has 0 amide bonds. The number of ether oxygens (including phenoxy) is 1.